The second-order valence-corrected chi connectivity index (χ2v) is 1.48. The van der Waals surface area contributed by atoms with Crippen LogP contribution in [-0.2, 0) is 0 Å². The smallest absolute Gasteiger partial charge is 0.187 e. The van der Waals surface area contributed by atoms with Crippen LogP contribution in [0.5, 0.6) is 0 Å². The Labute approximate surface area is 49.5 Å². The number of carbonyl (C=O) groups excluding carboxylic acids is 1. The maximum absolute atomic E-state index is 12.1. The minimum atomic E-state index is -1.12. The number of carbonyl (C=O) groups is 1. The van der Waals surface area contributed by atoms with Crippen molar-refractivity contribution in [1.29, 1.82) is 0 Å². The molecule has 0 radical (unpaired) electrons. The minimum absolute atomic E-state index is 0.221. The molecule has 1 N–H and O–H groups in total. The van der Waals surface area contributed by atoms with E-state index in [1.165, 1.54) is 0 Å². The van der Waals surface area contributed by atoms with Crippen molar-refractivity contribution < 1.29 is 13.6 Å². The zero-order chi connectivity index (χ0) is 6.85. The topological polar surface area (TPSA) is 32.9 Å². The number of rotatable bonds is 1. The molecule has 0 saturated carbocycles. The van der Waals surface area contributed by atoms with E-state index in [0.29, 0.717) is 0 Å². The Morgan fingerprint density at radius 3 is 2.44 bits per heavy atom. The van der Waals surface area contributed by atoms with Crippen LogP contribution in [0.2, 0.25) is 0 Å². The molecule has 0 aromatic carbocycles. The van der Waals surface area contributed by atoms with Crippen molar-refractivity contribution in [3.8, 4) is 0 Å². The fourth-order valence-corrected chi connectivity index (χ4v) is 0.482. The molecule has 0 atom stereocenters. The maximum atomic E-state index is 12.1. The largest absolute Gasteiger partial charge is 0.354 e. The van der Waals surface area contributed by atoms with Gasteiger partial charge < -0.3 is 4.98 Å². The summed E-state index contributed by atoms with van der Waals surface area (Å²) >= 11 is 0. The zero-order valence-corrected chi connectivity index (χ0v) is 4.32. The molecule has 0 unspecified atom stereocenters. The number of hydrogen-bond donors (Lipinski definition) is 1. The van der Waals surface area contributed by atoms with Crippen molar-refractivity contribution in [2.75, 3.05) is 0 Å². The molecule has 2 nitrogen and oxygen atoms in total. The Balaban J connectivity index is 3.18. The van der Waals surface area contributed by atoms with E-state index in [-0.39, 0.29) is 12.0 Å². The summed E-state index contributed by atoms with van der Waals surface area (Å²) in [5, 5.41) is 0. The van der Waals surface area contributed by atoms with Gasteiger partial charge in [-0.1, -0.05) is 0 Å². The van der Waals surface area contributed by atoms with Gasteiger partial charge in [-0.05, 0) is 0 Å². The maximum Gasteiger partial charge on any atom is 0.187 e. The van der Waals surface area contributed by atoms with Gasteiger partial charge in [0.25, 0.3) is 0 Å². The zero-order valence-electron chi connectivity index (χ0n) is 4.32. The van der Waals surface area contributed by atoms with Crippen LogP contribution >= 0.6 is 0 Å². The second kappa shape index (κ2) is 1.97. The quantitative estimate of drug-likeness (QED) is 0.569. The summed E-state index contributed by atoms with van der Waals surface area (Å²) in [6.45, 7) is 0. The average molecular weight is 131 g/mol. The van der Waals surface area contributed by atoms with Gasteiger partial charge in [-0.2, -0.15) is 0 Å². The lowest BCUT2D eigenvalue weighted by Gasteiger charge is -1.78. The van der Waals surface area contributed by atoms with E-state index in [1.54, 1.807) is 0 Å². The molecule has 4 heteroatoms. The van der Waals surface area contributed by atoms with E-state index in [4.69, 9.17) is 0 Å². The van der Waals surface area contributed by atoms with Gasteiger partial charge in [0, 0.05) is 6.20 Å². The number of halogens is 2. The van der Waals surface area contributed by atoms with E-state index < -0.39 is 11.6 Å². The van der Waals surface area contributed by atoms with E-state index in [0.717, 1.165) is 6.20 Å². The molecule has 0 amide bonds. The number of hydrogen-bond acceptors (Lipinski definition) is 1. The van der Waals surface area contributed by atoms with Crippen molar-refractivity contribution in [3.63, 3.8) is 0 Å². The van der Waals surface area contributed by atoms with E-state index in [1.807, 2.05) is 0 Å². The number of aromatic nitrogens is 1. The van der Waals surface area contributed by atoms with Crippen LogP contribution in [0.3, 0.4) is 0 Å². The molecule has 9 heavy (non-hydrogen) atoms. The van der Waals surface area contributed by atoms with Crippen LogP contribution in [0.4, 0.5) is 8.78 Å². The third kappa shape index (κ3) is 0.826. The van der Waals surface area contributed by atoms with Crippen molar-refractivity contribution in [1.82, 2.24) is 4.98 Å². The summed E-state index contributed by atoms with van der Waals surface area (Å²) in [5.41, 5.74) is -0.354. The normalized spacial score (nSPS) is 9.56. The lowest BCUT2D eigenvalue weighted by atomic mass is 10.4. The molecule has 0 aliphatic rings. The summed E-state index contributed by atoms with van der Waals surface area (Å²) in [6.07, 6.45) is 1.01. The highest BCUT2D eigenvalue weighted by Crippen LogP contribution is 2.06. The van der Waals surface area contributed by atoms with E-state index in [2.05, 4.69) is 4.98 Å². The molecule has 1 aromatic rings. The first-order valence-electron chi connectivity index (χ1n) is 2.23. The van der Waals surface area contributed by atoms with Crippen LogP contribution in [-0.4, -0.2) is 11.3 Å². The highest BCUT2D eigenvalue weighted by molar-refractivity contribution is 5.72. The Kier molecular flexibility index (Phi) is 1.30. The van der Waals surface area contributed by atoms with Crippen molar-refractivity contribution >= 4 is 6.29 Å². The van der Waals surface area contributed by atoms with Gasteiger partial charge in [0.15, 0.2) is 17.9 Å². The van der Waals surface area contributed by atoms with Crippen LogP contribution in [0, 0.1) is 11.6 Å². The fraction of sp³-hybridized carbons (Fsp3) is 0. The molecule has 1 aromatic heterocycles. The molecule has 0 fully saturated rings. The predicted octanol–water partition coefficient (Wildman–Crippen LogP) is 1.11. The molecule has 48 valence electrons. The molecular formula is C5H3F2NO. The lowest BCUT2D eigenvalue weighted by Crippen LogP contribution is -1.82. The molecule has 1 heterocycles. The number of aldehydes is 1. The lowest BCUT2D eigenvalue weighted by molar-refractivity contribution is 0.111. The Hall–Kier alpha value is -1.19. The Bertz CT molecular complexity index is 231. The first-order chi connectivity index (χ1) is 4.25. The molecule has 0 bridgehead atoms. The summed E-state index contributed by atoms with van der Waals surface area (Å²) in [5.74, 6) is -2.15. The summed E-state index contributed by atoms with van der Waals surface area (Å²) in [6, 6.07) is 0. The first-order valence-corrected chi connectivity index (χ1v) is 2.23. The number of aromatic amines is 1. The Morgan fingerprint density at radius 1 is 1.56 bits per heavy atom. The number of H-pyrrole nitrogens is 1. The van der Waals surface area contributed by atoms with Crippen LogP contribution in [0.1, 0.15) is 10.5 Å². The summed E-state index contributed by atoms with van der Waals surface area (Å²) in [7, 11) is 0. The minimum Gasteiger partial charge on any atom is -0.354 e. The highest BCUT2D eigenvalue weighted by Gasteiger charge is 2.07. The fourth-order valence-electron chi connectivity index (χ4n) is 0.482. The van der Waals surface area contributed by atoms with E-state index in [9.17, 15) is 13.6 Å². The van der Waals surface area contributed by atoms with Crippen molar-refractivity contribution in [3.05, 3.63) is 23.5 Å². The summed E-state index contributed by atoms with van der Waals surface area (Å²) < 4.78 is 24.1. The van der Waals surface area contributed by atoms with Gasteiger partial charge in [0.1, 0.15) is 5.69 Å². The number of nitrogens with one attached hydrogen (secondary N) is 1. The molecule has 0 spiro atoms. The molecule has 0 saturated heterocycles. The molecule has 1 rings (SSSR count). The van der Waals surface area contributed by atoms with Crippen LogP contribution in [0.25, 0.3) is 0 Å². The third-order valence-corrected chi connectivity index (χ3v) is 0.918. The molecular weight excluding hydrogens is 128 g/mol. The van der Waals surface area contributed by atoms with Gasteiger partial charge in [-0.3, -0.25) is 4.79 Å². The SMILES string of the molecule is O=Cc1[nH]cc(F)c1F. The van der Waals surface area contributed by atoms with E-state index >= 15 is 0 Å². The van der Waals surface area contributed by atoms with Gasteiger partial charge in [-0.25, -0.2) is 8.78 Å². The predicted molar refractivity (Wildman–Crippen MR) is 26.1 cm³/mol. The molecule has 0 aliphatic carbocycles. The van der Waals surface area contributed by atoms with Gasteiger partial charge in [0.05, 0.1) is 0 Å². The second-order valence-electron chi connectivity index (χ2n) is 1.48. The third-order valence-electron chi connectivity index (χ3n) is 0.918. The monoisotopic (exact) mass is 131 g/mol. The highest BCUT2D eigenvalue weighted by atomic mass is 19.2. The van der Waals surface area contributed by atoms with Crippen molar-refractivity contribution in [2.24, 2.45) is 0 Å². The first kappa shape index (κ1) is 5.94. The summed E-state index contributed by atoms with van der Waals surface area (Å²) in [4.78, 5) is 11.9. The average Bonchev–Trinajstić information content (AvgIpc) is 2.15. The molecule has 0 aliphatic heterocycles. The van der Waals surface area contributed by atoms with Gasteiger partial charge >= 0.3 is 0 Å². The Morgan fingerprint density at radius 2 is 2.22 bits per heavy atom. The standard InChI is InChI=1S/C5H3F2NO/c6-3-1-8-4(2-9)5(3)7/h1-2,8H. The van der Waals surface area contributed by atoms with Crippen LogP contribution in [0.15, 0.2) is 6.20 Å². The van der Waals surface area contributed by atoms with Crippen LogP contribution < -0.4 is 0 Å². The van der Waals surface area contributed by atoms with Gasteiger partial charge in [-0.15, -0.1) is 0 Å². The van der Waals surface area contributed by atoms with Gasteiger partial charge in [0.2, 0.25) is 0 Å². The van der Waals surface area contributed by atoms with Crippen molar-refractivity contribution in [2.45, 2.75) is 0 Å².